The normalized spacial score (nSPS) is 18.2. The van der Waals surface area contributed by atoms with Gasteiger partial charge in [0.15, 0.2) is 0 Å². The second kappa shape index (κ2) is 8.64. The lowest BCUT2D eigenvalue weighted by molar-refractivity contribution is 0.220. The van der Waals surface area contributed by atoms with E-state index in [0.29, 0.717) is 0 Å². The van der Waals surface area contributed by atoms with Gasteiger partial charge in [-0.3, -0.25) is 5.32 Å². The van der Waals surface area contributed by atoms with E-state index in [9.17, 15) is 5.26 Å². The molecule has 0 amide bonds. The zero-order valence-corrected chi connectivity index (χ0v) is 13.9. The van der Waals surface area contributed by atoms with Crippen molar-refractivity contribution in [1.29, 1.82) is 5.26 Å². The van der Waals surface area contributed by atoms with E-state index in [0.717, 1.165) is 50.7 Å². The molecule has 0 saturated heterocycles. The SMILES string of the molecule is CCCNC(C#N)(CC)CCCN(CC(C)C)C1CC1. The Morgan fingerprint density at radius 3 is 2.50 bits per heavy atom. The molecule has 0 bridgehead atoms. The van der Waals surface area contributed by atoms with Gasteiger partial charge in [-0.15, -0.1) is 0 Å². The van der Waals surface area contributed by atoms with E-state index in [1.807, 2.05) is 0 Å². The van der Waals surface area contributed by atoms with Crippen LogP contribution >= 0.6 is 0 Å². The molecule has 1 N–H and O–H groups in total. The van der Waals surface area contributed by atoms with Gasteiger partial charge in [-0.05, 0) is 57.5 Å². The molecule has 1 aliphatic rings. The minimum absolute atomic E-state index is 0.303. The van der Waals surface area contributed by atoms with Crippen LogP contribution < -0.4 is 5.32 Å². The summed E-state index contributed by atoms with van der Waals surface area (Å²) < 4.78 is 0. The molecule has 0 aliphatic heterocycles. The lowest BCUT2D eigenvalue weighted by Gasteiger charge is -2.29. The Hall–Kier alpha value is -0.590. The lowest BCUT2D eigenvalue weighted by Crippen LogP contribution is -2.44. The molecule has 1 saturated carbocycles. The summed E-state index contributed by atoms with van der Waals surface area (Å²) >= 11 is 0. The molecule has 0 aromatic heterocycles. The third-order valence-electron chi connectivity index (χ3n) is 4.24. The number of hydrogen-bond donors (Lipinski definition) is 1. The van der Waals surface area contributed by atoms with Gasteiger partial charge >= 0.3 is 0 Å². The van der Waals surface area contributed by atoms with Crippen LogP contribution in [0.4, 0.5) is 0 Å². The summed E-state index contributed by atoms with van der Waals surface area (Å²) in [6.45, 7) is 12.2. The van der Waals surface area contributed by atoms with Crippen LogP contribution in [0.25, 0.3) is 0 Å². The molecule has 0 spiro atoms. The first kappa shape index (κ1) is 17.5. The van der Waals surface area contributed by atoms with Crippen LogP contribution in [0.3, 0.4) is 0 Å². The second-order valence-electron chi connectivity index (χ2n) is 6.70. The lowest BCUT2D eigenvalue weighted by atomic mass is 9.91. The maximum atomic E-state index is 9.51. The largest absolute Gasteiger partial charge is 0.300 e. The average Bonchev–Trinajstić information content (AvgIpc) is 3.26. The van der Waals surface area contributed by atoms with Crippen molar-refractivity contribution in [3.63, 3.8) is 0 Å². The minimum atomic E-state index is -0.303. The Morgan fingerprint density at radius 1 is 1.35 bits per heavy atom. The highest BCUT2D eigenvalue weighted by Gasteiger charge is 2.31. The summed E-state index contributed by atoms with van der Waals surface area (Å²) in [6.07, 6.45) is 6.83. The van der Waals surface area contributed by atoms with Crippen LogP contribution in [0.15, 0.2) is 0 Å². The molecule has 0 heterocycles. The highest BCUT2D eigenvalue weighted by molar-refractivity contribution is 5.06. The standard InChI is InChI=1S/C17H33N3/c1-5-11-19-17(6-2,14-18)10-7-12-20(13-15(3)4)16-8-9-16/h15-16,19H,5-13H2,1-4H3. The van der Waals surface area contributed by atoms with E-state index in [1.165, 1.54) is 19.4 Å². The van der Waals surface area contributed by atoms with Gasteiger partial charge in [0.1, 0.15) is 5.54 Å². The Balaban J connectivity index is 2.40. The van der Waals surface area contributed by atoms with E-state index in [-0.39, 0.29) is 5.54 Å². The summed E-state index contributed by atoms with van der Waals surface area (Å²) in [6, 6.07) is 3.36. The monoisotopic (exact) mass is 279 g/mol. The number of nitrogens with one attached hydrogen (secondary N) is 1. The number of rotatable bonds is 11. The molecule has 1 unspecified atom stereocenters. The molecule has 1 fully saturated rings. The third kappa shape index (κ3) is 5.81. The van der Waals surface area contributed by atoms with Crippen molar-refractivity contribution in [2.75, 3.05) is 19.6 Å². The van der Waals surface area contributed by atoms with Crippen LogP contribution in [-0.4, -0.2) is 36.1 Å². The fourth-order valence-electron chi connectivity index (χ4n) is 2.84. The average molecular weight is 279 g/mol. The number of hydrogen-bond acceptors (Lipinski definition) is 3. The van der Waals surface area contributed by atoms with Crippen LogP contribution in [0, 0.1) is 17.2 Å². The maximum absolute atomic E-state index is 9.51. The van der Waals surface area contributed by atoms with Crippen molar-refractivity contribution in [2.45, 2.75) is 77.8 Å². The van der Waals surface area contributed by atoms with Gasteiger partial charge in [-0.25, -0.2) is 0 Å². The fraction of sp³-hybridized carbons (Fsp3) is 0.941. The number of nitrogens with zero attached hydrogens (tertiary/aromatic N) is 2. The molecular weight excluding hydrogens is 246 g/mol. The van der Waals surface area contributed by atoms with E-state index < -0.39 is 0 Å². The highest BCUT2D eigenvalue weighted by atomic mass is 15.2. The molecule has 3 nitrogen and oxygen atoms in total. The van der Waals surface area contributed by atoms with Gasteiger partial charge in [-0.2, -0.15) is 5.26 Å². The minimum Gasteiger partial charge on any atom is -0.300 e. The smallest absolute Gasteiger partial charge is 0.106 e. The van der Waals surface area contributed by atoms with Gasteiger partial charge in [0, 0.05) is 12.6 Å². The zero-order valence-electron chi connectivity index (χ0n) is 13.9. The quantitative estimate of drug-likeness (QED) is 0.628. The van der Waals surface area contributed by atoms with Gasteiger partial charge in [0.05, 0.1) is 6.07 Å². The van der Waals surface area contributed by atoms with E-state index in [4.69, 9.17) is 0 Å². The van der Waals surface area contributed by atoms with Crippen molar-refractivity contribution < 1.29 is 0 Å². The molecule has 116 valence electrons. The van der Waals surface area contributed by atoms with Crippen LogP contribution in [0.1, 0.15) is 66.2 Å². The Bertz CT molecular complexity index is 304. The maximum Gasteiger partial charge on any atom is 0.106 e. The summed E-state index contributed by atoms with van der Waals surface area (Å²) in [5, 5.41) is 13.0. The van der Waals surface area contributed by atoms with Gasteiger partial charge in [0.25, 0.3) is 0 Å². The third-order valence-corrected chi connectivity index (χ3v) is 4.24. The topological polar surface area (TPSA) is 39.1 Å². The van der Waals surface area contributed by atoms with E-state index in [1.54, 1.807) is 0 Å². The van der Waals surface area contributed by atoms with Crippen molar-refractivity contribution in [1.82, 2.24) is 10.2 Å². The molecule has 1 atom stereocenters. The molecule has 1 rings (SSSR count). The first-order chi connectivity index (χ1) is 9.56. The molecule has 3 heteroatoms. The summed E-state index contributed by atoms with van der Waals surface area (Å²) in [7, 11) is 0. The van der Waals surface area contributed by atoms with Crippen LogP contribution in [0.2, 0.25) is 0 Å². The van der Waals surface area contributed by atoms with Crippen LogP contribution in [0.5, 0.6) is 0 Å². The summed E-state index contributed by atoms with van der Waals surface area (Å²) in [5.74, 6) is 0.737. The Kier molecular flexibility index (Phi) is 7.55. The van der Waals surface area contributed by atoms with Gasteiger partial charge < -0.3 is 4.90 Å². The molecule has 0 aromatic carbocycles. The predicted molar refractivity (Wildman–Crippen MR) is 85.6 cm³/mol. The second-order valence-corrected chi connectivity index (χ2v) is 6.70. The molecular formula is C17H33N3. The van der Waals surface area contributed by atoms with Gasteiger partial charge in [-0.1, -0.05) is 27.7 Å². The predicted octanol–water partition coefficient (Wildman–Crippen LogP) is 3.56. The van der Waals surface area contributed by atoms with Crippen molar-refractivity contribution in [3.8, 4) is 6.07 Å². The molecule has 0 radical (unpaired) electrons. The van der Waals surface area contributed by atoms with Crippen molar-refractivity contribution in [2.24, 2.45) is 5.92 Å². The van der Waals surface area contributed by atoms with E-state index >= 15 is 0 Å². The van der Waals surface area contributed by atoms with Crippen LogP contribution in [-0.2, 0) is 0 Å². The summed E-state index contributed by atoms with van der Waals surface area (Å²) in [5.41, 5.74) is -0.303. The van der Waals surface area contributed by atoms with Crippen molar-refractivity contribution >= 4 is 0 Å². The molecule has 0 aromatic rings. The zero-order chi connectivity index (χ0) is 15.0. The fourth-order valence-corrected chi connectivity index (χ4v) is 2.84. The van der Waals surface area contributed by atoms with Gasteiger partial charge in [0.2, 0.25) is 0 Å². The highest BCUT2D eigenvalue weighted by Crippen LogP contribution is 2.28. The van der Waals surface area contributed by atoms with Crippen molar-refractivity contribution in [3.05, 3.63) is 0 Å². The first-order valence-electron chi connectivity index (χ1n) is 8.47. The Labute approximate surface area is 125 Å². The number of nitriles is 1. The summed E-state index contributed by atoms with van der Waals surface area (Å²) in [4.78, 5) is 2.64. The molecule has 1 aliphatic carbocycles. The first-order valence-corrected chi connectivity index (χ1v) is 8.47. The Morgan fingerprint density at radius 2 is 2.05 bits per heavy atom. The molecule has 20 heavy (non-hydrogen) atoms. The van der Waals surface area contributed by atoms with E-state index in [2.05, 4.69) is 44.0 Å².